The third-order valence-corrected chi connectivity index (χ3v) is 3.40. The molecule has 106 valence electrons. The van der Waals surface area contributed by atoms with Gasteiger partial charge in [0.1, 0.15) is 5.54 Å². The highest BCUT2D eigenvalue weighted by Gasteiger charge is 2.39. The lowest BCUT2D eigenvalue weighted by Crippen LogP contribution is -2.41. The summed E-state index contributed by atoms with van der Waals surface area (Å²) in [5, 5.41) is 14.1. The van der Waals surface area contributed by atoms with Gasteiger partial charge in [-0.2, -0.15) is 0 Å². The Morgan fingerprint density at radius 1 is 1.30 bits per heavy atom. The third-order valence-electron chi connectivity index (χ3n) is 3.40. The lowest BCUT2D eigenvalue weighted by atomic mass is 10.0. The zero-order chi connectivity index (χ0) is 14.9. The summed E-state index contributed by atoms with van der Waals surface area (Å²) in [6, 6.07) is 7.65. The topological polar surface area (TPSA) is 68.5 Å². The Kier molecular flexibility index (Phi) is 3.59. The highest BCUT2D eigenvalue weighted by atomic mass is 16.5. The molecule has 0 spiro atoms. The van der Waals surface area contributed by atoms with E-state index in [-0.39, 0.29) is 0 Å². The van der Waals surface area contributed by atoms with Crippen LogP contribution in [0.15, 0.2) is 46.3 Å². The Hall–Kier alpha value is -2.21. The molecule has 0 fully saturated rings. The molecule has 1 heterocycles. The van der Waals surface area contributed by atoms with Crippen molar-refractivity contribution in [3.63, 3.8) is 0 Å². The van der Waals surface area contributed by atoms with Crippen LogP contribution < -0.4 is 4.90 Å². The number of anilines is 1. The van der Waals surface area contributed by atoms with E-state index in [2.05, 4.69) is 10.2 Å². The van der Waals surface area contributed by atoms with E-state index >= 15 is 0 Å². The van der Waals surface area contributed by atoms with Crippen LogP contribution in [0.5, 0.6) is 0 Å². The fourth-order valence-corrected chi connectivity index (χ4v) is 2.00. The lowest BCUT2D eigenvalue weighted by molar-refractivity contribution is -0.0684. The monoisotopic (exact) mass is 274 g/mol. The number of benzene rings is 1. The van der Waals surface area contributed by atoms with Gasteiger partial charge in [0.05, 0.1) is 11.9 Å². The molecule has 1 aromatic rings. The predicted molar refractivity (Wildman–Crippen MR) is 78.9 cm³/mol. The maximum absolute atomic E-state index is 10.4. The van der Waals surface area contributed by atoms with Gasteiger partial charge in [0.2, 0.25) is 0 Å². The molecule has 20 heavy (non-hydrogen) atoms. The highest BCUT2D eigenvalue weighted by Crippen LogP contribution is 2.32. The van der Waals surface area contributed by atoms with Crippen LogP contribution in [0.1, 0.15) is 19.4 Å². The van der Waals surface area contributed by atoms with Crippen LogP contribution in [0, 0.1) is 4.91 Å². The molecule has 6 heteroatoms. The van der Waals surface area contributed by atoms with Gasteiger partial charge in [-0.3, -0.25) is 5.21 Å². The molecule has 0 saturated carbocycles. The Balaban J connectivity index is 2.40. The predicted octanol–water partition coefficient (Wildman–Crippen LogP) is 2.59. The van der Waals surface area contributed by atoms with Gasteiger partial charge in [-0.15, -0.1) is 4.91 Å². The van der Waals surface area contributed by atoms with Crippen LogP contribution >= 0.6 is 0 Å². The molecule has 0 atom stereocenters. The van der Waals surface area contributed by atoms with Crippen LogP contribution in [0.25, 0.3) is 0 Å². The summed E-state index contributed by atoms with van der Waals surface area (Å²) >= 11 is 0. The molecule has 0 bridgehead atoms. The highest BCUT2D eigenvalue weighted by molar-refractivity contribution is 6.01. The number of hydrogen-bond donors (Lipinski definition) is 1. The average molecular weight is 274 g/mol. The Morgan fingerprint density at radius 3 is 2.40 bits per heavy atom. The minimum absolute atomic E-state index is 0.412. The van der Waals surface area contributed by atoms with E-state index in [4.69, 9.17) is 0 Å². The number of aliphatic imine (C=N–C) groups is 1. The Morgan fingerprint density at radius 2 is 1.90 bits per heavy atom. The van der Waals surface area contributed by atoms with E-state index in [0.717, 1.165) is 22.5 Å². The van der Waals surface area contributed by atoms with Gasteiger partial charge in [0, 0.05) is 25.3 Å². The normalized spacial score (nSPS) is 19.1. The van der Waals surface area contributed by atoms with Crippen molar-refractivity contribution < 1.29 is 5.21 Å². The molecule has 0 aromatic heterocycles. The second-order valence-corrected chi connectivity index (χ2v) is 5.37. The molecule has 0 radical (unpaired) electrons. The first kappa shape index (κ1) is 14.2. The van der Waals surface area contributed by atoms with E-state index in [1.165, 1.54) is 0 Å². The summed E-state index contributed by atoms with van der Waals surface area (Å²) in [4.78, 5) is 16.7. The van der Waals surface area contributed by atoms with Gasteiger partial charge in [-0.05, 0) is 43.3 Å². The number of nitrogens with zero attached hydrogens (tertiary/aromatic N) is 4. The van der Waals surface area contributed by atoms with Crippen molar-refractivity contribution in [2.45, 2.75) is 19.4 Å². The van der Waals surface area contributed by atoms with Crippen molar-refractivity contribution >= 4 is 11.5 Å². The summed E-state index contributed by atoms with van der Waals surface area (Å²) in [5.74, 6) is 0.412. The quantitative estimate of drug-likeness (QED) is 0.860. The summed E-state index contributed by atoms with van der Waals surface area (Å²) in [7, 11) is 3.92. The Bertz CT molecular complexity index is 573. The second kappa shape index (κ2) is 5.05. The fourth-order valence-electron chi connectivity index (χ4n) is 2.00. The van der Waals surface area contributed by atoms with Crippen LogP contribution in [-0.4, -0.2) is 35.7 Å². The molecule has 0 saturated heterocycles. The number of nitroso groups, excluding NO2 is 1. The van der Waals surface area contributed by atoms with Crippen molar-refractivity contribution in [2.75, 3.05) is 19.0 Å². The lowest BCUT2D eigenvalue weighted by Gasteiger charge is -2.28. The third kappa shape index (κ3) is 2.30. The van der Waals surface area contributed by atoms with Gasteiger partial charge < -0.3 is 4.90 Å². The van der Waals surface area contributed by atoms with Crippen molar-refractivity contribution in [3.8, 4) is 0 Å². The summed E-state index contributed by atoms with van der Waals surface area (Å²) in [6.07, 6.45) is 1.13. The van der Waals surface area contributed by atoms with E-state index in [0.29, 0.717) is 11.5 Å². The average Bonchev–Trinajstić information content (AvgIpc) is 2.63. The maximum Gasteiger partial charge on any atom is 0.160 e. The van der Waals surface area contributed by atoms with Gasteiger partial charge in [0.25, 0.3) is 0 Å². The molecule has 1 aliphatic heterocycles. The maximum atomic E-state index is 10.4. The standard InChI is InChI=1S/C14H18N4O2/c1-14(2)12(9-15-19)16-13(18(14)20)10-5-7-11(8-6-10)17(3)4/h5-9,20H,1-4H3/b12-9+. The molecule has 6 nitrogen and oxygen atoms in total. The van der Waals surface area contributed by atoms with Gasteiger partial charge >= 0.3 is 0 Å². The SMILES string of the molecule is CN(C)c1ccc(C2=N/C(=C/N=O)C(C)(C)N2O)cc1. The molecule has 1 aromatic carbocycles. The van der Waals surface area contributed by atoms with E-state index in [1.54, 1.807) is 13.8 Å². The fraction of sp³-hybridized carbons (Fsp3) is 0.357. The minimum Gasteiger partial charge on any atom is -0.378 e. The molecule has 0 amide bonds. The molecule has 1 N–H and O–H groups in total. The minimum atomic E-state index is -0.774. The van der Waals surface area contributed by atoms with Crippen LogP contribution in [0.2, 0.25) is 0 Å². The zero-order valence-corrected chi connectivity index (χ0v) is 12.0. The first-order chi connectivity index (χ1) is 9.37. The van der Waals surface area contributed by atoms with Crippen molar-refractivity contribution in [3.05, 3.63) is 46.6 Å². The second-order valence-electron chi connectivity index (χ2n) is 5.37. The molecule has 1 aliphatic rings. The summed E-state index contributed by atoms with van der Waals surface area (Å²) < 4.78 is 0. The van der Waals surface area contributed by atoms with E-state index in [9.17, 15) is 10.1 Å². The van der Waals surface area contributed by atoms with Gasteiger partial charge in [-0.25, -0.2) is 10.1 Å². The van der Waals surface area contributed by atoms with Crippen LogP contribution in [-0.2, 0) is 0 Å². The van der Waals surface area contributed by atoms with Crippen molar-refractivity contribution in [1.82, 2.24) is 5.06 Å². The molecular formula is C14H18N4O2. The molecule has 0 aliphatic carbocycles. The smallest absolute Gasteiger partial charge is 0.160 e. The Labute approximate surface area is 118 Å². The van der Waals surface area contributed by atoms with Gasteiger partial charge in [-0.1, -0.05) is 0 Å². The number of hydroxylamine groups is 2. The molecule has 0 unspecified atom stereocenters. The number of rotatable bonds is 3. The van der Waals surface area contributed by atoms with E-state index < -0.39 is 5.54 Å². The van der Waals surface area contributed by atoms with Crippen LogP contribution in [0.3, 0.4) is 0 Å². The van der Waals surface area contributed by atoms with Gasteiger partial charge in [0.15, 0.2) is 5.84 Å². The summed E-state index contributed by atoms with van der Waals surface area (Å²) in [6.45, 7) is 3.55. The van der Waals surface area contributed by atoms with Crippen LogP contribution in [0.4, 0.5) is 5.69 Å². The summed E-state index contributed by atoms with van der Waals surface area (Å²) in [5.41, 5.74) is 1.49. The zero-order valence-electron chi connectivity index (χ0n) is 12.0. The van der Waals surface area contributed by atoms with Crippen molar-refractivity contribution in [2.24, 2.45) is 10.2 Å². The first-order valence-corrected chi connectivity index (χ1v) is 6.26. The molecular weight excluding hydrogens is 256 g/mol. The first-order valence-electron chi connectivity index (χ1n) is 6.26. The van der Waals surface area contributed by atoms with E-state index in [1.807, 2.05) is 43.3 Å². The van der Waals surface area contributed by atoms with Crippen molar-refractivity contribution in [1.29, 1.82) is 0 Å². The largest absolute Gasteiger partial charge is 0.378 e. The number of amidine groups is 1. The number of hydrogen-bond acceptors (Lipinski definition) is 6. The molecule has 2 rings (SSSR count).